The quantitative estimate of drug-likeness (QED) is 0.0753. The zero-order valence-electron chi connectivity index (χ0n) is 27.4. The number of ether oxygens (including phenoxy) is 1. The maximum Gasteiger partial charge on any atom is 0.408 e. The Balaban J connectivity index is 1.55. The highest BCUT2D eigenvalue weighted by molar-refractivity contribution is 5.91. The molecule has 9 N–H and O–H groups in total. The number of alkyl carbamates (subject to hydrolysis) is 1. The molecule has 3 rings (SSSR count). The number of aliphatic hydroxyl groups is 1. The fourth-order valence-electron chi connectivity index (χ4n) is 5.47. The number of nitrogens with zero attached hydrogens (tertiary/aromatic N) is 1. The summed E-state index contributed by atoms with van der Waals surface area (Å²) in [5.74, 6) is -1.43. The first-order chi connectivity index (χ1) is 22.4. The van der Waals surface area contributed by atoms with E-state index in [0.717, 1.165) is 18.4 Å². The molecule has 1 aliphatic rings. The van der Waals surface area contributed by atoms with Crippen LogP contribution in [0.25, 0.3) is 0 Å². The van der Waals surface area contributed by atoms with Gasteiger partial charge >= 0.3 is 6.09 Å². The van der Waals surface area contributed by atoms with Gasteiger partial charge in [-0.1, -0.05) is 68.4 Å². The summed E-state index contributed by atoms with van der Waals surface area (Å²) < 4.78 is 5.27. The lowest BCUT2D eigenvalue weighted by atomic mass is 9.96. The van der Waals surface area contributed by atoms with Gasteiger partial charge in [0, 0.05) is 12.6 Å². The number of amides is 4. The largest absolute Gasteiger partial charge is 0.445 e. The van der Waals surface area contributed by atoms with Crippen molar-refractivity contribution in [3.05, 3.63) is 71.3 Å². The number of hydrogen-bond donors (Lipinski definition) is 7. The third-order valence-corrected chi connectivity index (χ3v) is 7.85. The molecule has 13 nitrogen and oxygen atoms in total. The molecule has 0 saturated carbocycles. The monoisotopic (exact) mass is 651 g/mol. The van der Waals surface area contributed by atoms with Gasteiger partial charge in [-0.2, -0.15) is 0 Å². The average Bonchev–Trinajstić information content (AvgIpc) is 3.43. The van der Waals surface area contributed by atoms with E-state index >= 15 is 0 Å². The minimum absolute atomic E-state index is 0.0136. The van der Waals surface area contributed by atoms with Gasteiger partial charge in [0.15, 0.2) is 5.96 Å². The van der Waals surface area contributed by atoms with Gasteiger partial charge in [0.2, 0.25) is 17.7 Å². The van der Waals surface area contributed by atoms with Crippen molar-refractivity contribution < 1.29 is 29.0 Å². The summed E-state index contributed by atoms with van der Waals surface area (Å²) in [6, 6.07) is 14.3. The van der Waals surface area contributed by atoms with Gasteiger partial charge < -0.3 is 42.6 Å². The van der Waals surface area contributed by atoms with Crippen LogP contribution in [0.4, 0.5) is 4.79 Å². The van der Waals surface area contributed by atoms with Crippen LogP contribution in [-0.2, 0) is 38.6 Å². The molecule has 13 heteroatoms. The number of aliphatic imine (C=N–C) groups is 1. The second kappa shape index (κ2) is 18.5. The highest BCUT2D eigenvalue weighted by Crippen LogP contribution is 2.22. The van der Waals surface area contributed by atoms with Crippen molar-refractivity contribution in [2.45, 2.75) is 96.2 Å². The van der Waals surface area contributed by atoms with E-state index in [4.69, 9.17) is 16.2 Å². The van der Waals surface area contributed by atoms with E-state index in [-0.39, 0.29) is 49.8 Å². The van der Waals surface area contributed by atoms with E-state index in [2.05, 4.69) is 26.3 Å². The summed E-state index contributed by atoms with van der Waals surface area (Å²) >= 11 is 0. The van der Waals surface area contributed by atoms with Crippen molar-refractivity contribution in [3.63, 3.8) is 0 Å². The number of hydrogen-bond acceptors (Lipinski definition) is 7. The molecule has 2 aromatic carbocycles. The predicted molar refractivity (Wildman–Crippen MR) is 179 cm³/mol. The van der Waals surface area contributed by atoms with Crippen LogP contribution >= 0.6 is 0 Å². The second-order valence-electron chi connectivity index (χ2n) is 12.4. The van der Waals surface area contributed by atoms with Gasteiger partial charge in [-0.3, -0.25) is 19.4 Å². The summed E-state index contributed by atoms with van der Waals surface area (Å²) in [7, 11) is 0. The summed E-state index contributed by atoms with van der Waals surface area (Å²) in [5.41, 5.74) is 14.0. The van der Waals surface area contributed by atoms with Crippen molar-refractivity contribution in [1.29, 1.82) is 0 Å². The molecule has 0 heterocycles. The molecule has 4 atom stereocenters. The Morgan fingerprint density at radius 2 is 1.55 bits per heavy atom. The van der Waals surface area contributed by atoms with Crippen LogP contribution < -0.4 is 32.7 Å². The molecule has 47 heavy (non-hydrogen) atoms. The smallest absolute Gasteiger partial charge is 0.408 e. The maximum absolute atomic E-state index is 13.2. The standard InChI is InChI=1S/C34H49N7O6/c1-21(2)16-28(29(42)19-30(43)39-26-17-24-12-7-8-13-25(24)18-26)40-31(44)22(3)38-32(45)27(14-9-15-37-33(35)36)41-34(46)47-20-23-10-5-4-6-11-23/h4-8,10-13,21-22,26-29,42H,9,14-20H2,1-3H3,(H,38,45)(H,39,43)(H,40,44)(H,41,46)(H4,35,36,37)/t22-,27-,28-,29-/m0/s1. The molecule has 0 radical (unpaired) electrons. The van der Waals surface area contributed by atoms with E-state index < -0.39 is 42.1 Å². The van der Waals surface area contributed by atoms with Crippen LogP contribution in [0.15, 0.2) is 59.6 Å². The highest BCUT2D eigenvalue weighted by atomic mass is 16.5. The SMILES string of the molecule is CC(C)C[C@H](NC(=O)[C@H](C)NC(=O)[C@H](CCCN=C(N)N)NC(=O)OCc1ccccc1)[C@@H](O)CC(=O)NC1Cc2ccccc2C1. The Hall–Kier alpha value is -4.65. The molecule has 0 aromatic heterocycles. The molecule has 2 aromatic rings. The van der Waals surface area contributed by atoms with E-state index in [1.807, 2.05) is 56.3 Å². The molecule has 0 unspecified atom stereocenters. The summed E-state index contributed by atoms with van der Waals surface area (Å²) in [5, 5.41) is 22.0. The molecule has 1 aliphatic carbocycles. The van der Waals surface area contributed by atoms with Gasteiger partial charge in [0.1, 0.15) is 18.7 Å². The van der Waals surface area contributed by atoms with Gasteiger partial charge in [0.25, 0.3) is 0 Å². The maximum atomic E-state index is 13.2. The molecule has 0 spiro atoms. The average molecular weight is 652 g/mol. The summed E-state index contributed by atoms with van der Waals surface area (Å²) in [4.78, 5) is 55.8. The lowest BCUT2D eigenvalue weighted by molar-refractivity contribution is -0.131. The molecule has 0 bridgehead atoms. The number of guanidine groups is 1. The van der Waals surface area contributed by atoms with E-state index in [0.29, 0.717) is 12.8 Å². The van der Waals surface area contributed by atoms with E-state index in [1.165, 1.54) is 18.1 Å². The van der Waals surface area contributed by atoms with Crippen molar-refractivity contribution in [2.24, 2.45) is 22.4 Å². The first-order valence-electron chi connectivity index (χ1n) is 16.1. The first kappa shape index (κ1) is 36.8. The predicted octanol–water partition coefficient (Wildman–Crippen LogP) is 1.41. The summed E-state index contributed by atoms with van der Waals surface area (Å²) in [6.45, 7) is 5.64. The van der Waals surface area contributed by atoms with E-state index in [1.54, 1.807) is 12.1 Å². The van der Waals surface area contributed by atoms with Gasteiger partial charge in [0.05, 0.1) is 18.6 Å². The van der Waals surface area contributed by atoms with Crippen molar-refractivity contribution in [1.82, 2.24) is 21.3 Å². The number of carbonyl (C=O) groups excluding carboxylic acids is 4. The number of nitrogens with one attached hydrogen (secondary N) is 4. The van der Waals surface area contributed by atoms with Gasteiger partial charge in [-0.05, 0) is 61.6 Å². The fraction of sp³-hybridized carbons (Fsp3) is 0.500. The number of rotatable bonds is 17. The zero-order valence-corrected chi connectivity index (χ0v) is 27.4. The van der Waals surface area contributed by atoms with Crippen LogP contribution in [0, 0.1) is 5.92 Å². The zero-order chi connectivity index (χ0) is 34.3. The van der Waals surface area contributed by atoms with Crippen molar-refractivity contribution in [2.75, 3.05) is 6.54 Å². The molecule has 256 valence electrons. The molecular formula is C34H49N7O6. The Morgan fingerprint density at radius 3 is 2.17 bits per heavy atom. The fourth-order valence-corrected chi connectivity index (χ4v) is 5.47. The number of nitrogens with two attached hydrogens (primary N) is 2. The Morgan fingerprint density at radius 1 is 0.915 bits per heavy atom. The number of aliphatic hydroxyl groups excluding tert-OH is 1. The normalized spacial score (nSPS) is 15.0. The first-order valence-corrected chi connectivity index (χ1v) is 16.1. The van der Waals surface area contributed by atoms with Crippen LogP contribution in [0.3, 0.4) is 0 Å². The number of carbonyl (C=O) groups is 4. The van der Waals surface area contributed by atoms with Crippen LogP contribution in [0.2, 0.25) is 0 Å². The summed E-state index contributed by atoms with van der Waals surface area (Å²) in [6.07, 6.45) is 0.300. The topological polar surface area (TPSA) is 210 Å². The van der Waals surface area contributed by atoms with Gasteiger partial charge in [-0.15, -0.1) is 0 Å². The lowest BCUT2D eigenvalue weighted by Crippen LogP contribution is -2.55. The Kier molecular flexibility index (Phi) is 14.5. The molecule has 4 amide bonds. The Bertz CT molecular complexity index is 1340. The lowest BCUT2D eigenvalue weighted by Gasteiger charge is -2.28. The molecular weight excluding hydrogens is 602 g/mol. The van der Waals surface area contributed by atoms with Crippen molar-refractivity contribution >= 4 is 29.8 Å². The molecule has 0 fully saturated rings. The second-order valence-corrected chi connectivity index (χ2v) is 12.4. The highest BCUT2D eigenvalue weighted by Gasteiger charge is 2.30. The van der Waals surface area contributed by atoms with Crippen LogP contribution in [0.5, 0.6) is 0 Å². The molecule has 0 aliphatic heterocycles. The van der Waals surface area contributed by atoms with E-state index in [9.17, 15) is 24.3 Å². The van der Waals surface area contributed by atoms with Gasteiger partial charge in [-0.25, -0.2) is 4.79 Å². The minimum atomic E-state index is -1.14. The number of benzene rings is 2. The van der Waals surface area contributed by atoms with Crippen molar-refractivity contribution in [3.8, 4) is 0 Å². The Labute approximate surface area is 276 Å². The minimum Gasteiger partial charge on any atom is -0.445 e. The van der Waals surface area contributed by atoms with Crippen LogP contribution in [-0.4, -0.2) is 71.7 Å². The van der Waals surface area contributed by atoms with Crippen LogP contribution in [0.1, 0.15) is 63.1 Å². The third kappa shape index (κ3) is 12.9. The number of fused-ring (bicyclic) bond motifs is 1. The third-order valence-electron chi connectivity index (χ3n) is 7.85. The molecule has 0 saturated heterocycles.